The lowest BCUT2D eigenvalue weighted by molar-refractivity contribution is -0.138. The Bertz CT molecular complexity index is 1350. The summed E-state index contributed by atoms with van der Waals surface area (Å²) in [4.78, 5) is 26.0. The summed E-state index contributed by atoms with van der Waals surface area (Å²) in [5, 5.41) is 12.8. The van der Waals surface area contributed by atoms with Crippen LogP contribution in [0.1, 0.15) is 59.3 Å². The van der Waals surface area contributed by atoms with Gasteiger partial charge >= 0.3 is 5.97 Å². The van der Waals surface area contributed by atoms with Crippen LogP contribution in [0.25, 0.3) is 0 Å². The zero-order valence-electron chi connectivity index (χ0n) is 20.9. The Morgan fingerprint density at radius 3 is 2.43 bits per heavy atom. The molecule has 0 aliphatic rings. The molecule has 0 aliphatic heterocycles. The van der Waals surface area contributed by atoms with E-state index in [9.17, 15) is 19.2 Å². The zero-order valence-corrected chi connectivity index (χ0v) is 22.5. The summed E-state index contributed by atoms with van der Waals surface area (Å²) in [5.74, 6) is -2.59. The highest BCUT2D eigenvalue weighted by atomic mass is 35.5. The topological polar surface area (TPSA) is 79.2 Å². The molecule has 3 rings (SSSR count). The van der Waals surface area contributed by atoms with Crippen molar-refractivity contribution in [2.75, 3.05) is 0 Å². The Morgan fingerprint density at radius 1 is 1.11 bits per heavy atom. The molecule has 2 atom stereocenters. The molecule has 0 aliphatic carbocycles. The Labute approximate surface area is 226 Å². The van der Waals surface area contributed by atoms with Crippen LogP contribution in [0.2, 0.25) is 10.0 Å². The fourth-order valence-electron chi connectivity index (χ4n) is 3.95. The Hall–Kier alpha value is -3.40. The maximum absolute atomic E-state index is 14.6. The number of nitrogens with one attached hydrogen (secondary N) is 1. The summed E-state index contributed by atoms with van der Waals surface area (Å²) >= 11 is 12.1. The van der Waals surface area contributed by atoms with Crippen LogP contribution in [0.5, 0.6) is 0 Å². The molecule has 0 saturated heterocycles. The lowest BCUT2D eigenvalue weighted by Crippen LogP contribution is -2.50. The van der Waals surface area contributed by atoms with E-state index in [0.717, 1.165) is 11.1 Å². The van der Waals surface area contributed by atoms with Crippen LogP contribution in [0.15, 0.2) is 60.7 Å². The lowest BCUT2D eigenvalue weighted by Gasteiger charge is -2.30. The van der Waals surface area contributed by atoms with Crippen LogP contribution >= 0.6 is 23.2 Å². The second-order valence-electron chi connectivity index (χ2n) is 9.39. The van der Waals surface area contributed by atoms with Crippen molar-refractivity contribution in [3.63, 3.8) is 0 Å². The van der Waals surface area contributed by atoms with Crippen LogP contribution in [-0.2, 0) is 16.0 Å². The van der Waals surface area contributed by atoms with E-state index in [4.69, 9.17) is 27.9 Å². The van der Waals surface area contributed by atoms with Gasteiger partial charge in [-0.1, -0.05) is 53.5 Å². The molecule has 0 saturated carbocycles. The normalized spacial score (nSPS) is 12.8. The molecule has 3 aromatic carbocycles. The summed E-state index contributed by atoms with van der Waals surface area (Å²) in [6, 6.07) is 19.2. The molecular weight excluding hydrogens is 514 g/mol. The third-order valence-corrected chi connectivity index (χ3v) is 6.73. The van der Waals surface area contributed by atoms with Gasteiger partial charge in [-0.15, -0.1) is 0 Å². The van der Waals surface area contributed by atoms with E-state index in [1.165, 1.54) is 32.9 Å². The van der Waals surface area contributed by atoms with E-state index < -0.39 is 34.9 Å². The van der Waals surface area contributed by atoms with Crippen molar-refractivity contribution in [3.8, 4) is 6.07 Å². The fourth-order valence-corrected chi connectivity index (χ4v) is 4.30. The standard InChI is InChI=1S/C29H27Cl2FN2O3/c1-17-8-13-24(31)25(26(17)32)27(35)37-29(3,4)28(36)34-18(2)23(15-19-9-11-22(30)12-10-19)21-7-5-6-20(14-21)16-33/h5-14,18,23H,15H2,1-4H3,(H,34,36)/t18-,23+/m0/s1. The lowest BCUT2D eigenvalue weighted by atomic mass is 9.85. The first-order valence-electron chi connectivity index (χ1n) is 11.7. The number of hydrogen-bond acceptors (Lipinski definition) is 4. The van der Waals surface area contributed by atoms with E-state index in [2.05, 4.69) is 11.4 Å². The van der Waals surface area contributed by atoms with Crippen molar-refractivity contribution in [1.29, 1.82) is 5.26 Å². The van der Waals surface area contributed by atoms with Gasteiger partial charge in [0.25, 0.3) is 5.91 Å². The predicted molar refractivity (Wildman–Crippen MR) is 142 cm³/mol. The van der Waals surface area contributed by atoms with E-state index >= 15 is 0 Å². The van der Waals surface area contributed by atoms with E-state index in [0.29, 0.717) is 17.0 Å². The molecule has 0 spiro atoms. The number of nitriles is 1. The second kappa shape index (κ2) is 11.8. The molecule has 1 N–H and O–H groups in total. The number of nitrogens with zero attached hydrogens (tertiary/aromatic N) is 1. The van der Waals surface area contributed by atoms with Gasteiger partial charge in [0.15, 0.2) is 5.60 Å². The third kappa shape index (κ3) is 6.88. The summed E-state index contributed by atoms with van der Waals surface area (Å²) < 4.78 is 20.0. The highest BCUT2D eigenvalue weighted by Gasteiger charge is 2.36. The van der Waals surface area contributed by atoms with Gasteiger partial charge < -0.3 is 10.1 Å². The minimum atomic E-state index is -1.62. The number of halogens is 3. The molecule has 5 nitrogen and oxygen atoms in total. The molecule has 0 heterocycles. The SMILES string of the molecule is Cc1ccc(Cl)c(C(=O)OC(C)(C)C(=O)N[C@@H](C)[C@@H](Cc2ccc(Cl)cc2)c2cccc(C#N)c2)c1F. The number of ether oxygens (including phenoxy) is 1. The highest BCUT2D eigenvalue weighted by molar-refractivity contribution is 6.33. The van der Waals surface area contributed by atoms with Gasteiger partial charge in [0.2, 0.25) is 0 Å². The first-order valence-corrected chi connectivity index (χ1v) is 12.4. The number of carbonyl (C=O) groups is 2. The average Bonchev–Trinajstić information content (AvgIpc) is 2.85. The molecule has 0 radical (unpaired) electrons. The molecule has 0 bridgehead atoms. The van der Waals surface area contributed by atoms with Crippen LogP contribution in [0, 0.1) is 24.1 Å². The van der Waals surface area contributed by atoms with E-state index in [-0.39, 0.29) is 16.5 Å². The molecule has 37 heavy (non-hydrogen) atoms. The van der Waals surface area contributed by atoms with E-state index in [1.807, 2.05) is 25.1 Å². The van der Waals surface area contributed by atoms with Crippen molar-refractivity contribution in [3.05, 3.63) is 104 Å². The predicted octanol–water partition coefficient (Wildman–Crippen LogP) is 6.78. The summed E-state index contributed by atoms with van der Waals surface area (Å²) in [6.45, 7) is 6.20. The molecule has 1 amide bonds. The van der Waals surface area contributed by atoms with Gasteiger partial charge in [0, 0.05) is 17.0 Å². The third-order valence-electron chi connectivity index (χ3n) is 6.16. The molecule has 0 aromatic heterocycles. The zero-order chi connectivity index (χ0) is 27.3. The average molecular weight is 541 g/mol. The number of aryl methyl sites for hydroxylation is 1. The minimum Gasteiger partial charge on any atom is -0.446 e. The van der Waals surface area contributed by atoms with Gasteiger partial charge in [-0.3, -0.25) is 4.79 Å². The summed E-state index contributed by atoms with van der Waals surface area (Å²) in [5.41, 5.74) is 0.563. The Kier molecular flexibility index (Phi) is 8.96. The van der Waals surface area contributed by atoms with Gasteiger partial charge in [0.1, 0.15) is 11.4 Å². The molecule has 3 aromatic rings. The minimum absolute atomic E-state index is 0.0990. The van der Waals surface area contributed by atoms with Crippen LogP contribution in [0.3, 0.4) is 0 Å². The largest absolute Gasteiger partial charge is 0.446 e. The number of esters is 1. The van der Waals surface area contributed by atoms with Crippen molar-refractivity contribution in [1.82, 2.24) is 5.32 Å². The van der Waals surface area contributed by atoms with Crippen LogP contribution in [0.4, 0.5) is 4.39 Å². The Morgan fingerprint density at radius 2 is 1.78 bits per heavy atom. The number of amides is 1. The van der Waals surface area contributed by atoms with Crippen LogP contribution < -0.4 is 5.32 Å². The van der Waals surface area contributed by atoms with Crippen molar-refractivity contribution < 1.29 is 18.7 Å². The van der Waals surface area contributed by atoms with Gasteiger partial charge in [-0.05, 0) is 81.1 Å². The number of hydrogen-bond donors (Lipinski definition) is 1. The summed E-state index contributed by atoms with van der Waals surface area (Å²) in [6.07, 6.45) is 0.553. The van der Waals surface area contributed by atoms with Crippen molar-refractivity contribution >= 4 is 35.1 Å². The van der Waals surface area contributed by atoms with E-state index in [1.54, 1.807) is 30.3 Å². The highest BCUT2D eigenvalue weighted by Crippen LogP contribution is 2.28. The monoisotopic (exact) mass is 540 g/mol. The number of carbonyl (C=O) groups excluding carboxylic acids is 2. The van der Waals surface area contributed by atoms with Gasteiger partial charge in [-0.2, -0.15) is 5.26 Å². The van der Waals surface area contributed by atoms with Crippen molar-refractivity contribution in [2.24, 2.45) is 0 Å². The second-order valence-corrected chi connectivity index (χ2v) is 10.2. The quantitative estimate of drug-likeness (QED) is 0.319. The van der Waals surface area contributed by atoms with Crippen LogP contribution in [-0.4, -0.2) is 23.5 Å². The number of benzene rings is 3. The Balaban J connectivity index is 1.83. The number of rotatable bonds is 8. The molecular formula is C29H27Cl2FN2O3. The molecule has 192 valence electrons. The smallest absolute Gasteiger partial charge is 0.343 e. The fraction of sp³-hybridized carbons (Fsp3) is 0.276. The summed E-state index contributed by atoms with van der Waals surface area (Å²) in [7, 11) is 0. The van der Waals surface area contributed by atoms with Crippen molar-refractivity contribution in [2.45, 2.75) is 51.7 Å². The first kappa shape index (κ1) is 28.2. The van der Waals surface area contributed by atoms with Gasteiger partial charge in [0.05, 0.1) is 16.7 Å². The maximum atomic E-state index is 14.6. The molecule has 8 heteroatoms. The maximum Gasteiger partial charge on any atom is 0.343 e. The first-order chi connectivity index (χ1) is 17.4. The van der Waals surface area contributed by atoms with Gasteiger partial charge in [-0.25, -0.2) is 9.18 Å². The molecule has 0 fully saturated rings. The molecule has 0 unspecified atom stereocenters.